The van der Waals surface area contributed by atoms with Crippen molar-refractivity contribution in [1.82, 2.24) is 4.57 Å². The molecule has 0 radical (unpaired) electrons. The van der Waals surface area contributed by atoms with Crippen molar-refractivity contribution in [1.29, 1.82) is 0 Å². The number of benzene rings is 2. The summed E-state index contributed by atoms with van der Waals surface area (Å²) in [6, 6.07) is 16.7. The molecule has 0 amide bonds. The van der Waals surface area contributed by atoms with Gasteiger partial charge in [-0.3, -0.25) is 9.36 Å². The van der Waals surface area contributed by atoms with E-state index in [-0.39, 0.29) is 12.2 Å². The third kappa shape index (κ3) is 5.70. The summed E-state index contributed by atoms with van der Waals surface area (Å²) in [5.41, 5.74) is 2.21. The summed E-state index contributed by atoms with van der Waals surface area (Å²) >= 11 is 7.27. The van der Waals surface area contributed by atoms with Gasteiger partial charge < -0.3 is 9.47 Å². The van der Waals surface area contributed by atoms with E-state index < -0.39 is 12.0 Å². The molecule has 3 heterocycles. The fourth-order valence-electron chi connectivity index (χ4n) is 4.28. The summed E-state index contributed by atoms with van der Waals surface area (Å²) in [4.78, 5) is 33.7. The van der Waals surface area contributed by atoms with E-state index >= 15 is 0 Å². The number of thiophene rings is 1. The second-order valence-corrected chi connectivity index (χ2v) is 12.7. The summed E-state index contributed by atoms with van der Waals surface area (Å²) in [5.74, 6) is 0.203. The minimum Gasteiger partial charge on any atom is -0.488 e. The Balaban J connectivity index is 1.80. The number of nitrogens with zero attached hydrogens (tertiary/aromatic N) is 2. The molecule has 5 rings (SSSR count). The summed E-state index contributed by atoms with van der Waals surface area (Å²) in [5, 5.41) is 1.94. The number of rotatable bonds is 8. The second-order valence-electron chi connectivity index (χ2n) is 8.35. The molecule has 10 heteroatoms. The lowest BCUT2D eigenvalue weighted by molar-refractivity contribution is -0.138. The Labute approximate surface area is 260 Å². The number of esters is 1. The molecule has 0 saturated carbocycles. The molecule has 0 bridgehead atoms. The molecular weight excluding hydrogens is 758 g/mol. The van der Waals surface area contributed by atoms with Crippen LogP contribution in [0.1, 0.15) is 29.0 Å². The fraction of sp³-hybridized carbons (Fsp3) is 0.138. The van der Waals surface area contributed by atoms with Crippen LogP contribution < -0.4 is 19.6 Å². The molecule has 198 valence electrons. The van der Waals surface area contributed by atoms with Gasteiger partial charge in [0, 0.05) is 19.6 Å². The summed E-state index contributed by atoms with van der Waals surface area (Å²) in [7, 11) is 0. The number of thiazole rings is 1. The Morgan fingerprint density at radius 1 is 1.18 bits per heavy atom. The molecule has 1 aliphatic rings. The van der Waals surface area contributed by atoms with Gasteiger partial charge in [0.2, 0.25) is 0 Å². The number of aromatic nitrogens is 1. The number of hydrogen-bond donors (Lipinski definition) is 0. The van der Waals surface area contributed by atoms with Crippen LogP contribution in [-0.4, -0.2) is 23.8 Å². The third-order valence-corrected chi connectivity index (χ3v) is 9.19. The lowest BCUT2D eigenvalue weighted by Crippen LogP contribution is -2.39. The molecule has 0 spiro atoms. The average molecular weight is 780 g/mol. The van der Waals surface area contributed by atoms with Crippen molar-refractivity contribution >= 4 is 85.6 Å². The molecule has 6 nitrogen and oxygen atoms in total. The highest BCUT2D eigenvalue weighted by Crippen LogP contribution is 2.37. The van der Waals surface area contributed by atoms with Gasteiger partial charge in [0.05, 0.1) is 26.0 Å². The van der Waals surface area contributed by atoms with Gasteiger partial charge in [0.15, 0.2) is 4.80 Å². The third-order valence-electron chi connectivity index (χ3n) is 5.86. The van der Waals surface area contributed by atoms with Crippen molar-refractivity contribution in [3.8, 4) is 5.75 Å². The normalized spacial score (nSPS) is 15.1. The Hall–Kier alpha value is -2.55. The minimum absolute atomic E-state index is 0.213. The van der Waals surface area contributed by atoms with Crippen LogP contribution in [0.25, 0.3) is 11.8 Å². The maximum atomic E-state index is 14.0. The largest absolute Gasteiger partial charge is 0.488 e. The number of ether oxygens (including phenoxy) is 2. The SMILES string of the molecule is C=CCOc1c(I)cc(I)cc1/C=c1\sc2n(c1=O)[C@@H](c1cccs1)C(C(=O)OCC)=C(c1ccccc1)N=2. The number of carbonyl (C=O) groups is 1. The molecule has 0 fully saturated rings. The molecule has 0 saturated heterocycles. The Bertz CT molecular complexity index is 1760. The molecule has 4 aromatic rings. The average Bonchev–Trinajstić information content (AvgIpc) is 3.56. The monoisotopic (exact) mass is 780 g/mol. The number of fused-ring (bicyclic) bond motifs is 1. The van der Waals surface area contributed by atoms with E-state index in [0.717, 1.165) is 23.1 Å². The standard InChI is InChI=1S/C29H22I2N2O4S2/c1-3-12-37-26-18(14-19(30)16-20(26)31)15-22-27(34)33-25(21-11-8-13-38-21)23(28(35)36-4-2)24(32-29(33)39-22)17-9-6-5-7-10-17/h3,5-11,13-16,25H,1,4,12H2,2H3/b22-15-/t25-/m0/s1. The lowest BCUT2D eigenvalue weighted by atomic mass is 9.97. The van der Waals surface area contributed by atoms with Crippen LogP contribution >= 0.6 is 67.9 Å². The smallest absolute Gasteiger partial charge is 0.338 e. The predicted octanol–water partition coefficient (Wildman–Crippen LogP) is 5.77. The molecule has 0 N–H and O–H groups in total. The van der Waals surface area contributed by atoms with Crippen LogP contribution in [0.4, 0.5) is 0 Å². The van der Waals surface area contributed by atoms with Gasteiger partial charge in [0.25, 0.3) is 5.56 Å². The predicted molar refractivity (Wildman–Crippen MR) is 173 cm³/mol. The zero-order chi connectivity index (χ0) is 27.5. The van der Waals surface area contributed by atoms with Crippen molar-refractivity contribution in [2.75, 3.05) is 13.2 Å². The van der Waals surface area contributed by atoms with Gasteiger partial charge in [-0.1, -0.05) is 60.4 Å². The molecule has 0 unspecified atom stereocenters. The Morgan fingerprint density at radius 3 is 2.67 bits per heavy atom. The maximum Gasteiger partial charge on any atom is 0.338 e. The van der Waals surface area contributed by atoms with Crippen molar-refractivity contribution in [2.24, 2.45) is 4.99 Å². The molecule has 2 aromatic carbocycles. The summed E-state index contributed by atoms with van der Waals surface area (Å²) in [6.07, 6.45) is 3.53. The van der Waals surface area contributed by atoms with Crippen LogP contribution in [0.2, 0.25) is 0 Å². The highest BCUT2D eigenvalue weighted by atomic mass is 127. The molecular formula is C29H22I2N2O4S2. The molecule has 1 aliphatic heterocycles. The van der Waals surface area contributed by atoms with E-state index in [1.165, 1.54) is 22.7 Å². The number of carbonyl (C=O) groups excluding carboxylic acids is 1. The zero-order valence-electron chi connectivity index (χ0n) is 20.7. The van der Waals surface area contributed by atoms with Crippen LogP contribution in [0, 0.1) is 7.14 Å². The highest BCUT2D eigenvalue weighted by molar-refractivity contribution is 14.1. The first-order valence-electron chi connectivity index (χ1n) is 12.0. The van der Waals surface area contributed by atoms with Crippen LogP contribution in [0.15, 0.2) is 88.0 Å². The zero-order valence-corrected chi connectivity index (χ0v) is 26.7. The minimum atomic E-state index is -0.662. The van der Waals surface area contributed by atoms with Gasteiger partial charge in [-0.25, -0.2) is 9.79 Å². The molecule has 1 atom stereocenters. The van der Waals surface area contributed by atoms with E-state index in [9.17, 15) is 9.59 Å². The topological polar surface area (TPSA) is 69.9 Å². The lowest BCUT2D eigenvalue weighted by Gasteiger charge is -2.24. The molecule has 2 aromatic heterocycles. The van der Waals surface area contributed by atoms with Gasteiger partial charge in [-0.15, -0.1) is 11.3 Å². The van der Waals surface area contributed by atoms with Crippen molar-refractivity contribution < 1.29 is 14.3 Å². The van der Waals surface area contributed by atoms with Crippen LogP contribution in [0.5, 0.6) is 5.75 Å². The van der Waals surface area contributed by atoms with E-state index in [1.54, 1.807) is 17.6 Å². The van der Waals surface area contributed by atoms with Crippen LogP contribution in [0.3, 0.4) is 0 Å². The fourth-order valence-corrected chi connectivity index (χ4v) is 8.14. The summed E-state index contributed by atoms with van der Waals surface area (Å²) < 4.78 is 15.5. The quantitative estimate of drug-likeness (QED) is 0.130. The van der Waals surface area contributed by atoms with Gasteiger partial charge in [-0.2, -0.15) is 0 Å². The number of halogens is 2. The second kappa shape index (κ2) is 12.3. The summed E-state index contributed by atoms with van der Waals surface area (Å²) in [6.45, 7) is 6.08. The van der Waals surface area contributed by atoms with Crippen molar-refractivity contribution in [3.63, 3.8) is 0 Å². The van der Waals surface area contributed by atoms with E-state index in [1.807, 2.05) is 66.1 Å². The molecule has 39 heavy (non-hydrogen) atoms. The van der Waals surface area contributed by atoms with Crippen molar-refractivity contribution in [3.05, 3.63) is 121 Å². The first-order chi connectivity index (χ1) is 18.9. The molecule has 0 aliphatic carbocycles. The Morgan fingerprint density at radius 2 is 1.97 bits per heavy atom. The van der Waals surface area contributed by atoms with Gasteiger partial charge >= 0.3 is 5.97 Å². The number of hydrogen-bond acceptors (Lipinski definition) is 7. The van der Waals surface area contributed by atoms with Crippen molar-refractivity contribution in [2.45, 2.75) is 13.0 Å². The Kier molecular flexibility index (Phi) is 8.84. The first-order valence-corrected chi connectivity index (χ1v) is 15.8. The van der Waals surface area contributed by atoms with E-state index in [4.69, 9.17) is 14.5 Å². The maximum absolute atomic E-state index is 14.0. The van der Waals surface area contributed by atoms with E-state index in [2.05, 4.69) is 51.8 Å². The van der Waals surface area contributed by atoms with Gasteiger partial charge in [0.1, 0.15) is 18.4 Å². The highest BCUT2D eigenvalue weighted by Gasteiger charge is 2.35. The van der Waals surface area contributed by atoms with E-state index in [0.29, 0.717) is 33.0 Å². The van der Waals surface area contributed by atoms with Gasteiger partial charge in [-0.05, 0) is 81.8 Å². The first kappa shape index (κ1) is 28.0. The van der Waals surface area contributed by atoms with Crippen LogP contribution in [-0.2, 0) is 9.53 Å².